The molecule has 1 atom stereocenters. The van der Waals surface area contributed by atoms with E-state index in [2.05, 4.69) is 5.32 Å². The van der Waals surface area contributed by atoms with Crippen LogP contribution in [0.1, 0.15) is 57.4 Å². The van der Waals surface area contributed by atoms with Gasteiger partial charge in [0.1, 0.15) is 0 Å². The first kappa shape index (κ1) is 25.4. The van der Waals surface area contributed by atoms with Gasteiger partial charge in [-0.3, -0.25) is 13.3 Å². The second-order valence-electron chi connectivity index (χ2n) is 9.41. The molecule has 2 aromatic carbocycles. The van der Waals surface area contributed by atoms with E-state index in [0.717, 1.165) is 47.7 Å². The molecule has 35 heavy (non-hydrogen) atoms. The third kappa shape index (κ3) is 5.62. The molecule has 0 bridgehead atoms. The average molecular weight is 501 g/mol. The van der Waals surface area contributed by atoms with Gasteiger partial charge in [0.25, 0.3) is 0 Å². The molecule has 8 nitrogen and oxygen atoms in total. The monoisotopic (exact) mass is 500 g/mol. The van der Waals surface area contributed by atoms with Crippen LogP contribution in [-0.2, 0) is 20.8 Å². The maximum atomic E-state index is 13.0. The smallest absolute Gasteiger partial charge is 0.409 e. The highest BCUT2D eigenvalue weighted by Gasteiger charge is 2.30. The van der Waals surface area contributed by atoms with Crippen LogP contribution in [0.3, 0.4) is 0 Å². The van der Waals surface area contributed by atoms with Gasteiger partial charge in [0.2, 0.25) is 5.91 Å². The Balaban J connectivity index is 1.62. The number of aryl methyl sites for hydroxylation is 1. The molecular weight excluding hydrogens is 466 g/mol. The van der Waals surface area contributed by atoms with Crippen LogP contribution in [0.4, 0.5) is 16.2 Å². The van der Waals surface area contributed by atoms with Crippen molar-refractivity contribution in [2.45, 2.75) is 64.8 Å². The molecule has 1 heterocycles. The summed E-state index contributed by atoms with van der Waals surface area (Å²) < 4.78 is 31.4. The summed E-state index contributed by atoms with van der Waals surface area (Å²) in [7, 11) is 0. The van der Waals surface area contributed by atoms with E-state index in [-0.39, 0.29) is 24.0 Å². The lowest BCUT2D eigenvalue weighted by atomic mass is 9.88. The highest BCUT2D eigenvalue weighted by molar-refractivity contribution is 7.80. The Morgan fingerprint density at radius 1 is 1.09 bits per heavy atom. The minimum Gasteiger partial charge on any atom is -0.755 e. The maximum absolute atomic E-state index is 13.0. The summed E-state index contributed by atoms with van der Waals surface area (Å²) in [4.78, 5) is 26.7. The Morgan fingerprint density at radius 3 is 2.46 bits per heavy atom. The van der Waals surface area contributed by atoms with E-state index in [1.165, 1.54) is 10.7 Å². The van der Waals surface area contributed by atoms with E-state index >= 15 is 0 Å². The molecule has 0 radical (unpaired) electrons. The van der Waals surface area contributed by atoms with Gasteiger partial charge in [-0.15, -0.1) is 0 Å². The molecule has 0 spiro atoms. The number of benzene rings is 2. The normalized spacial score (nSPS) is 18.3. The fraction of sp³-hybridized carbons (Fsp3) is 0.538. The van der Waals surface area contributed by atoms with Gasteiger partial charge < -0.3 is 19.5 Å². The van der Waals surface area contributed by atoms with Gasteiger partial charge in [-0.05, 0) is 51.2 Å². The molecule has 2 aromatic rings. The number of nitrogens with zero attached hydrogens (tertiary/aromatic N) is 2. The van der Waals surface area contributed by atoms with Gasteiger partial charge in [0.05, 0.1) is 18.0 Å². The number of hydrogen-bond acceptors (Lipinski definition) is 5. The van der Waals surface area contributed by atoms with E-state index < -0.39 is 11.3 Å². The lowest BCUT2D eigenvalue weighted by molar-refractivity contribution is -0.120. The zero-order chi connectivity index (χ0) is 24.9. The van der Waals surface area contributed by atoms with Crippen molar-refractivity contribution in [2.24, 2.45) is 5.92 Å². The number of piperidine rings is 1. The summed E-state index contributed by atoms with van der Waals surface area (Å²) in [5.74, 6) is 0.0677. The largest absolute Gasteiger partial charge is 0.755 e. The lowest BCUT2D eigenvalue weighted by Gasteiger charge is -2.40. The Labute approximate surface area is 209 Å². The van der Waals surface area contributed by atoms with E-state index in [4.69, 9.17) is 4.74 Å². The minimum absolute atomic E-state index is 0.0248. The van der Waals surface area contributed by atoms with Crippen LogP contribution >= 0.6 is 0 Å². The standard InChI is InChI=1S/C26H35N3O5S/c1-3-34-26(31)28-16-14-20(15-17-28)29(35(32)33)23-11-7-10-22-21(23)13-12-18(2)24(22)27-25(30)19-8-5-4-6-9-19/h7,10-13,19-20H,3-6,8-9,14-17H2,1-2H3,(H,27,30)(H,32,33)/p-1. The van der Waals surface area contributed by atoms with Crippen molar-refractivity contribution in [1.29, 1.82) is 0 Å². The summed E-state index contributed by atoms with van der Waals surface area (Å²) in [5, 5.41) is 4.76. The minimum atomic E-state index is -2.50. The van der Waals surface area contributed by atoms with E-state index in [1.54, 1.807) is 17.9 Å². The molecular formula is C26H34N3O5S-. The molecule has 2 aliphatic rings. The number of carbonyl (C=O) groups is 2. The number of rotatable bonds is 6. The molecule has 1 unspecified atom stereocenters. The predicted octanol–water partition coefficient (Wildman–Crippen LogP) is 4.89. The van der Waals surface area contributed by atoms with E-state index in [0.29, 0.717) is 38.2 Å². The molecule has 9 heteroatoms. The van der Waals surface area contributed by atoms with Crippen molar-refractivity contribution in [3.63, 3.8) is 0 Å². The van der Waals surface area contributed by atoms with Crippen molar-refractivity contribution >= 4 is 45.4 Å². The zero-order valence-corrected chi connectivity index (χ0v) is 21.3. The molecule has 0 aromatic heterocycles. The molecule has 2 fully saturated rings. The molecule has 190 valence electrons. The summed E-state index contributed by atoms with van der Waals surface area (Å²) in [6.45, 7) is 4.90. The van der Waals surface area contributed by atoms with Crippen molar-refractivity contribution in [3.05, 3.63) is 35.9 Å². The first-order chi connectivity index (χ1) is 16.9. The molecule has 1 aliphatic carbocycles. The summed E-state index contributed by atoms with van der Waals surface area (Å²) in [5.41, 5.74) is 2.27. The lowest BCUT2D eigenvalue weighted by Crippen LogP contribution is -2.47. The number of fused-ring (bicyclic) bond motifs is 1. The van der Waals surface area contributed by atoms with Crippen molar-refractivity contribution in [1.82, 2.24) is 4.90 Å². The zero-order valence-electron chi connectivity index (χ0n) is 20.5. The van der Waals surface area contributed by atoms with Crippen LogP contribution < -0.4 is 9.62 Å². The van der Waals surface area contributed by atoms with Crippen LogP contribution in [0, 0.1) is 12.8 Å². The van der Waals surface area contributed by atoms with Crippen LogP contribution in [0.15, 0.2) is 30.3 Å². The average Bonchev–Trinajstić information content (AvgIpc) is 2.87. The number of nitrogens with one attached hydrogen (secondary N) is 1. The fourth-order valence-corrected chi connectivity index (χ4v) is 6.07. The number of likely N-dealkylation sites (tertiary alicyclic amines) is 1. The van der Waals surface area contributed by atoms with Crippen molar-refractivity contribution in [3.8, 4) is 0 Å². The molecule has 1 aliphatic heterocycles. The topological polar surface area (TPSA) is 102 Å². The van der Waals surface area contributed by atoms with Gasteiger partial charge >= 0.3 is 6.09 Å². The first-order valence-corrected chi connectivity index (χ1v) is 13.6. The Hall–Kier alpha value is -2.65. The summed E-state index contributed by atoms with van der Waals surface area (Å²) in [6, 6.07) is 9.14. The van der Waals surface area contributed by atoms with E-state index in [1.807, 2.05) is 31.2 Å². The highest BCUT2D eigenvalue weighted by Crippen LogP contribution is 2.37. The highest BCUT2D eigenvalue weighted by atomic mass is 32.2. The summed E-state index contributed by atoms with van der Waals surface area (Å²) >= 11 is -2.50. The number of anilines is 2. The van der Waals surface area contributed by atoms with Gasteiger partial charge in [-0.25, -0.2) is 4.79 Å². The van der Waals surface area contributed by atoms with Gasteiger partial charge in [0, 0.05) is 47.1 Å². The van der Waals surface area contributed by atoms with Crippen molar-refractivity contribution < 1.29 is 23.1 Å². The van der Waals surface area contributed by atoms with Crippen LogP contribution in [0.25, 0.3) is 10.8 Å². The van der Waals surface area contributed by atoms with Gasteiger partial charge in [-0.1, -0.05) is 43.5 Å². The quantitative estimate of drug-likeness (QED) is 0.569. The second kappa shape index (κ2) is 11.4. The van der Waals surface area contributed by atoms with Crippen LogP contribution in [0.2, 0.25) is 0 Å². The summed E-state index contributed by atoms with van der Waals surface area (Å²) in [6.07, 6.45) is 5.83. The SMILES string of the molecule is CCOC(=O)N1CCC(N(c2cccc3c(NC(=O)C4CCCCC4)c(C)ccc23)S(=O)[O-])CC1. The third-order valence-corrected chi connectivity index (χ3v) is 8.01. The van der Waals surface area contributed by atoms with Crippen molar-refractivity contribution in [2.75, 3.05) is 29.3 Å². The predicted molar refractivity (Wildman–Crippen MR) is 137 cm³/mol. The number of carbonyl (C=O) groups excluding carboxylic acids is 2. The fourth-order valence-electron chi connectivity index (χ4n) is 5.29. The van der Waals surface area contributed by atoms with Crippen LogP contribution in [-0.4, -0.2) is 51.4 Å². The van der Waals surface area contributed by atoms with Crippen LogP contribution in [0.5, 0.6) is 0 Å². The molecule has 1 saturated heterocycles. The molecule has 1 saturated carbocycles. The van der Waals surface area contributed by atoms with Gasteiger partial charge in [-0.2, -0.15) is 0 Å². The molecule has 1 N–H and O–H groups in total. The Morgan fingerprint density at radius 2 is 1.80 bits per heavy atom. The third-order valence-electron chi connectivity index (χ3n) is 7.19. The first-order valence-electron chi connectivity index (χ1n) is 12.5. The number of hydrogen-bond donors (Lipinski definition) is 1. The Kier molecular flexibility index (Phi) is 8.28. The molecule has 4 rings (SSSR count). The number of amides is 2. The van der Waals surface area contributed by atoms with Gasteiger partial charge in [0.15, 0.2) is 0 Å². The second-order valence-corrected chi connectivity index (χ2v) is 10.2. The molecule has 2 amide bonds. The Bertz CT molecular complexity index is 1090. The maximum Gasteiger partial charge on any atom is 0.409 e. The van der Waals surface area contributed by atoms with E-state index in [9.17, 15) is 18.4 Å². The number of ether oxygens (including phenoxy) is 1.